The molecule has 0 amide bonds. The number of ether oxygens (including phenoxy) is 5. The summed E-state index contributed by atoms with van der Waals surface area (Å²) >= 11 is 0. The summed E-state index contributed by atoms with van der Waals surface area (Å²) in [5.74, 6) is -2.21. The van der Waals surface area contributed by atoms with Gasteiger partial charge < -0.3 is 18.9 Å². The van der Waals surface area contributed by atoms with Gasteiger partial charge in [-0.15, -0.1) is 4.52 Å². The molecule has 2 spiro atoms. The first-order valence-electron chi connectivity index (χ1n) is 23.7. The van der Waals surface area contributed by atoms with Crippen LogP contribution in [0.3, 0.4) is 0 Å². The van der Waals surface area contributed by atoms with Gasteiger partial charge in [-0.1, -0.05) is 189 Å². The third-order valence-corrected chi connectivity index (χ3v) is 19.2. The van der Waals surface area contributed by atoms with E-state index in [0.717, 1.165) is 33.4 Å². The van der Waals surface area contributed by atoms with Gasteiger partial charge >= 0.3 is 14.0 Å². The summed E-state index contributed by atoms with van der Waals surface area (Å²) in [4.78, 5) is -0.0451. The maximum atomic E-state index is 16.7. The van der Waals surface area contributed by atoms with Gasteiger partial charge in [0, 0.05) is 32.8 Å². The maximum Gasteiger partial charge on any atom is 0.560 e. The van der Waals surface area contributed by atoms with Crippen molar-refractivity contribution in [3.05, 3.63) is 190 Å². The molecule has 11 rings (SSSR count). The largest absolute Gasteiger partial charge is 0.560 e. The molecule has 5 atom stereocenters. The van der Waals surface area contributed by atoms with E-state index in [4.69, 9.17) is 37.3 Å². The van der Waals surface area contributed by atoms with Gasteiger partial charge in [0.05, 0.1) is 0 Å². The Morgan fingerprint density at radius 3 is 1.33 bits per heavy atom. The van der Waals surface area contributed by atoms with Crippen LogP contribution in [-0.2, 0) is 59.7 Å². The standard InChI is InChI=1S/C57H60O10PS/c1-52(2,36-23-15-11-16-24-36)40-31-42(54(5,6)38-27-19-13-20-28-38)46-44(33-40)69(58,59)45-34-41(53(3,4)37-25-17-12-18-26-37)32-43(55(7,8)39-29-21-14-22-30-39)47(45)66-68(65-46)51-60-35-57(64-51)49(67-68)48-50(63-57)62-56(9,10)61-48/h11-34,48-51H,35H2,1-10H3/q+1/t48-,49+,50+,51?,57-/m0/s1. The van der Waals surface area contributed by atoms with E-state index >= 15 is 8.42 Å². The van der Waals surface area contributed by atoms with Gasteiger partial charge in [0.25, 0.3) is 0 Å². The number of hydrogen-bond donors (Lipinski definition) is 0. The minimum absolute atomic E-state index is 0.0226. The first-order valence-corrected chi connectivity index (χ1v) is 26.8. The Labute approximate surface area is 406 Å². The summed E-state index contributed by atoms with van der Waals surface area (Å²) in [6.07, 6.45) is -2.56. The van der Waals surface area contributed by atoms with E-state index in [0.29, 0.717) is 11.1 Å². The molecule has 5 aliphatic heterocycles. The summed E-state index contributed by atoms with van der Waals surface area (Å²) in [5, 5.41) is 0. The van der Waals surface area contributed by atoms with E-state index in [9.17, 15) is 0 Å². The molecular formula is C57H60O10PS+. The lowest BCUT2D eigenvalue weighted by Crippen LogP contribution is -2.53. The van der Waals surface area contributed by atoms with Gasteiger partial charge in [0.15, 0.2) is 18.2 Å². The normalized spacial score (nSPS) is 25.3. The molecule has 10 nitrogen and oxygen atoms in total. The molecule has 0 saturated carbocycles. The second kappa shape index (κ2) is 15.8. The minimum atomic E-state index is -4.58. The lowest BCUT2D eigenvalue weighted by atomic mass is 9.73. The van der Waals surface area contributed by atoms with Crippen molar-refractivity contribution in [3.8, 4) is 11.5 Å². The molecule has 6 aromatic carbocycles. The summed E-state index contributed by atoms with van der Waals surface area (Å²) < 4.78 is 88.6. The quantitative estimate of drug-likeness (QED) is 0.137. The maximum absolute atomic E-state index is 16.7. The van der Waals surface area contributed by atoms with Crippen LogP contribution < -0.4 is 9.05 Å². The van der Waals surface area contributed by atoms with Crippen LogP contribution in [0.2, 0.25) is 0 Å². The van der Waals surface area contributed by atoms with Crippen LogP contribution >= 0.6 is 7.94 Å². The Hall–Kier alpha value is -4.94. The third-order valence-electron chi connectivity index (χ3n) is 15.3. The molecule has 0 aliphatic carbocycles. The van der Waals surface area contributed by atoms with Gasteiger partial charge in [0.2, 0.25) is 27.1 Å². The topological polar surface area (TPSA) is 108 Å². The zero-order valence-electron chi connectivity index (χ0n) is 40.8. The molecule has 6 aromatic rings. The summed E-state index contributed by atoms with van der Waals surface area (Å²) in [5.41, 5.74) is 3.66. The predicted molar refractivity (Wildman–Crippen MR) is 264 cm³/mol. The fraction of sp³-hybridized carbons (Fsp3) is 0.368. The molecule has 2 bridgehead atoms. The average molecular weight is 968 g/mol. The molecule has 4 saturated heterocycles. The first-order chi connectivity index (χ1) is 32.6. The second-order valence-corrected chi connectivity index (χ2v) is 25.5. The van der Waals surface area contributed by atoms with Crippen molar-refractivity contribution in [2.75, 3.05) is 6.61 Å². The van der Waals surface area contributed by atoms with Crippen LogP contribution in [0.15, 0.2) is 155 Å². The molecule has 5 aliphatic rings. The molecule has 69 heavy (non-hydrogen) atoms. The van der Waals surface area contributed by atoms with Crippen molar-refractivity contribution in [1.82, 2.24) is 0 Å². The van der Waals surface area contributed by atoms with E-state index < -0.39 is 75.5 Å². The monoisotopic (exact) mass is 967 g/mol. The molecule has 5 heterocycles. The lowest BCUT2D eigenvalue weighted by Gasteiger charge is -2.40. The van der Waals surface area contributed by atoms with E-state index in [-0.39, 0.29) is 27.9 Å². The van der Waals surface area contributed by atoms with E-state index in [1.807, 2.05) is 86.6 Å². The van der Waals surface area contributed by atoms with Gasteiger partial charge in [-0.05, 0) is 59.4 Å². The van der Waals surface area contributed by atoms with Crippen LogP contribution in [0.4, 0.5) is 0 Å². The highest BCUT2D eigenvalue weighted by molar-refractivity contribution is 7.91. The van der Waals surface area contributed by atoms with Crippen molar-refractivity contribution >= 4 is 17.8 Å². The van der Waals surface area contributed by atoms with E-state index in [1.54, 1.807) is 12.1 Å². The number of hydrogen-bond acceptors (Lipinski definition) is 10. The van der Waals surface area contributed by atoms with Crippen molar-refractivity contribution < 1.29 is 45.7 Å². The SMILES string of the molecule is CC1(C)O[C@@H]2O[C@@]34COC(O3)[P+]3(Oc5c(C(C)(C)c6ccccc6)cc(C(C)(C)c6ccccc6)cc5S(=O)(=O)c5cc(C(C)(C)c6ccccc6)cc(C(C)(C)c6ccccc6)c5O3)O[C@@H]4[C@@H]2O1. The Morgan fingerprint density at radius 1 is 0.507 bits per heavy atom. The highest BCUT2D eigenvalue weighted by Crippen LogP contribution is 2.76. The zero-order chi connectivity index (χ0) is 48.6. The third kappa shape index (κ3) is 7.25. The highest BCUT2D eigenvalue weighted by Gasteiger charge is 2.82. The molecular weight excluding hydrogens is 908 g/mol. The average Bonchev–Trinajstić information content (AvgIpc) is 3.96. The summed E-state index contributed by atoms with van der Waals surface area (Å²) in [6, 6.07) is 46.9. The fourth-order valence-corrected chi connectivity index (χ4v) is 14.9. The smallest absolute Gasteiger partial charge is 0.339 e. The molecule has 0 N–H and O–H groups in total. The molecule has 1 unspecified atom stereocenters. The first kappa shape index (κ1) is 46.4. The Balaban J connectivity index is 1.25. The molecule has 0 aromatic heterocycles. The molecule has 0 radical (unpaired) electrons. The molecule has 12 heteroatoms. The van der Waals surface area contributed by atoms with Crippen LogP contribution in [0, 0.1) is 0 Å². The zero-order valence-corrected chi connectivity index (χ0v) is 42.5. The van der Waals surface area contributed by atoms with E-state index in [1.165, 1.54) is 0 Å². The minimum Gasteiger partial charge on any atom is -0.339 e. The van der Waals surface area contributed by atoms with Crippen LogP contribution in [0.1, 0.15) is 114 Å². The van der Waals surface area contributed by atoms with Crippen LogP contribution in [0.5, 0.6) is 11.5 Å². The Kier molecular flexibility index (Phi) is 10.6. The van der Waals surface area contributed by atoms with E-state index in [2.05, 4.69) is 116 Å². The lowest BCUT2D eigenvalue weighted by molar-refractivity contribution is -0.307. The summed E-state index contributed by atoms with van der Waals surface area (Å²) in [6.45, 7) is 20.5. The van der Waals surface area contributed by atoms with Gasteiger partial charge in [-0.3, -0.25) is 13.8 Å². The number of rotatable bonds is 8. The number of sulfone groups is 1. The van der Waals surface area contributed by atoms with Gasteiger partial charge in [-0.2, -0.15) is 0 Å². The van der Waals surface area contributed by atoms with Crippen molar-refractivity contribution in [3.63, 3.8) is 0 Å². The number of benzene rings is 6. The predicted octanol–water partition coefficient (Wildman–Crippen LogP) is 12.3. The van der Waals surface area contributed by atoms with Gasteiger partial charge in [0.1, 0.15) is 22.5 Å². The number of fused-ring (bicyclic) bond motifs is 6. The Bertz CT molecular complexity index is 2900. The van der Waals surface area contributed by atoms with Crippen molar-refractivity contribution in [2.24, 2.45) is 0 Å². The van der Waals surface area contributed by atoms with Crippen LogP contribution in [-0.4, -0.2) is 51.1 Å². The molecule has 4 fully saturated rings. The van der Waals surface area contributed by atoms with Crippen LogP contribution in [0.25, 0.3) is 0 Å². The summed E-state index contributed by atoms with van der Waals surface area (Å²) in [7, 11) is -8.72. The highest BCUT2D eigenvalue weighted by atomic mass is 32.2. The Morgan fingerprint density at radius 2 is 0.913 bits per heavy atom. The second-order valence-electron chi connectivity index (χ2n) is 21.6. The fourth-order valence-electron chi connectivity index (χ4n) is 10.7. The molecule has 358 valence electrons. The van der Waals surface area contributed by atoms with Crippen molar-refractivity contribution in [2.45, 2.75) is 137 Å². The van der Waals surface area contributed by atoms with Crippen molar-refractivity contribution in [1.29, 1.82) is 0 Å². The van der Waals surface area contributed by atoms with Gasteiger partial charge in [-0.25, -0.2) is 8.42 Å².